The molecular weight excluding hydrogens is 304 g/mol. The number of para-hydroxylation sites is 2. The van der Waals surface area contributed by atoms with Gasteiger partial charge in [-0.1, -0.05) is 31.4 Å². The van der Waals surface area contributed by atoms with Gasteiger partial charge in [-0.2, -0.15) is 0 Å². The molecule has 3 N–H and O–H groups in total. The lowest BCUT2D eigenvalue weighted by Crippen LogP contribution is -2.42. The van der Waals surface area contributed by atoms with E-state index in [1.165, 1.54) is 19.3 Å². The topological polar surface area (TPSA) is 86.9 Å². The Bertz CT molecular complexity index is 686. The number of carbonyl (C=O) groups excluding carboxylic acids is 2. The molecule has 2 aromatic rings. The Morgan fingerprint density at radius 1 is 1.25 bits per heavy atom. The summed E-state index contributed by atoms with van der Waals surface area (Å²) in [7, 11) is 0. The lowest BCUT2D eigenvalue weighted by molar-refractivity contribution is -0.127. The maximum Gasteiger partial charge on any atom is 0.248 e. The van der Waals surface area contributed by atoms with E-state index in [1.807, 2.05) is 24.3 Å². The summed E-state index contributed by atoms with van der Waals surface area (Å²) in [6, 6.07) is 6.97. The Balaban J connectivity index is 1.51. The third-order valence-corrected chi connectivity index (χ3v) is 4.60. The van der Waals surface area contributed by atoms with Gasteiger partial charge in [-0.3, -0.25) is 14.9 Å². The summed E-state index contributed by atoms with van der Waals surface area (Å²) >= 11 is 0. The molecule has 3 rings (SSSR count). The molecule has 0 bridgehead atoms. The summed E-state index contributed by atoms with van der Waals surface area (Å²) < 4.78 is 0. The molecule has 6 nitrogen and oxygen atoms in total. The summed E-state index contributed by atoms with van der Waals surface area (Å²) in [6.07, 6.45) is 6.44. The fourth-order valence-corrected chi connectivity index (χ4v) is 3.26. The van der Waals surface area contributed by atoms with Crippen LogP contribution in [-0.4, -0.2) is 27.8 Å². The molecule has 1 atom stereocenters. The van der Waals surface area contributed by atoms with Gasteiger partial charge in [-0.05, 0) is 37.8 Å². The number of amides is 2. The third-order valence-electron chi connectivity index (χ3n) is 4.60. The van der Waals surface area contributed by atoms with E-state index in [2.05, 4.69) is 20.6 Å². The van der Waals surface area contributed by atoms with Crippen molar-refractivity contribution in [3.05, 3.63) is 24.3 Å². The highest BCUT2D eigenvalue weighted by Crippen LogP contribution is 2.26. The lowest BCUT2D eigenvalue weighted by atomic mass is 9.87. The van der Waals surface area contributed by atoms with Crippen LogP contribution in [0.3, 0.4) is 0 Å². The first kappa shape index (κ1) is 16.5. The second kappa shape index (κ2) is 7.47. The van der Waals surface area contributed by atoms with Crippen LogP contribution in [0, 0.1) is 5.92 Å². The van der Waals surface area contributed by atoms with Gasteiger partial charge in [0.15, 0.2) is 0 Å². The van der Waals surface area contributed by atoms with E-state index in [-0.39, 0.29) is 11.8 Å². The predicted molar refractivity (Wildman–Crippen MR) is 93.5 cm³/mol. The van der Waals surface area contributed by atoms with E-state index in [4.69, 9.17) is 0 Å². The minimum atomic E-state index is -0.589. The Morgan fingerprint density at radius 3 is 2.75 bits per heavy atom. The molecule has 1 saturated carbocycles. The van der Waals surface area contributed by atoms with Crippen LogP contribution >= 0.6 is 0 Å². The summed E-state index contributed by atoms with van der Waals surface area (Å²) in [4.78, 5) is 31.7. The number of rotatable bonds is 5. The average Bonchev–Trinajstić information content (AvgIpc) is 2.97. The second-order valence-corrected chi connectivity index (χ2v) is 6.59. The van der Waals surface area contributed by atoms with Crippen molar-refractivity contribution in [3.63, 3.8) is 0 Å². The van der Waals surface area contributed by atoms with E-state index >= 15 is 0 Å². The minimum absolute atomic E-state index is 0.0471. The molecule has 1 heterocycles. The van der Waals surface area contributed by atoms with Crippen molar-refractivity contribution in [2.24, 2.45) is 5.92 Å². The number of hydrogen-bond acceptors (Lipinski definition) is 3. The molecule has 1 aliphatic carbocycles. The Hall–Kier alpha value is -2.37. The summed E-state index contributed by atoms with van der Waals surface area (Å²) in [6.45, 7) is 1.69. The molecule has 0 radical (unpaired) electrons. The number of aromatic amines is 1. The lowest BCUT2D eigenvalue weighted by Gasteiger charge is -2.21. The third kappa shape index (κ3) is 4.13. The van der Waals surface area contributed by atoms with E-state index in [0.717, 1.165) is 23.9 Å². The Labute approximate surface area is 141 Å². The maximum absolute atomic E-state index is 12.2. The van der Waals surface area contributed by atoms with Gasteiger partial charge in [0, 0.05) is 6.42 Å². The van der Waals surface area contributed by atoms with Crippen LogP contribution in [-0.2, 0) is 9.59 Å². The van der Waals surface area contributed by atoms with Crippen LogP contribution in [0.5, 0.6) is 0 Å². The maximum atomic E-state index is 12.2. The molecule has 1 aliphatic rings. The normalized spacial score (nSPS) is 16.7. The van der Waals surface area contributed by atoms with Crippen molar-refractivity contribution in [1.29, 1.82) is 0 Å². The van der Waals surface area contributed by atoms with Gasteiger partial charge in [0.05, 0.1) is 11.0 Å². The van der Waals surface area contributed by atoms with Crippen LogP contribution < -0.4 is 10.6 Å². The highest BCUT2D eigenvalue weighted by Gasteiger charge is 2.21. The van der Waals surface area contributed by atoms with Gasteiger partial charge in [-0.15, -0.1) is 0 Å². The number of hydrogen-bond donors (Lipinski definition) is 3. The molecule has 128 valence electrons. The number of aromatic nitrogens is 2. The summed E-state index contributed by atoms with van der Waals surface area (Å²) in [5.74, 6) is 0.541. The molecule has 6 heteroatoms. The summed E-state index contributed by atoms with van der Waals surface area (Å²) in [5.41, 5.74) is 1.66. The molecule has 0 saturated heterocycles. The monoisotopic (exact) mass is 328 g/mol. The van der Waals surface area contributed by atoms with Gasteiger partial charge in [-0.25, -0.2) is 4.98 Å². The molecule has 1 aromatic heterocycles. The van der Waals surface area contributed by atoms with Crippen LogP contribution in [0.4, 0.5) is 5.95 Å². The van der Waals surface area contributed by atoms with Crippen LogP contribution in [0.2, 0.25) is 0 Å². The van der Waals surface area contributed by atoms with Crippen LogP contribution in [0.15, 0.2) is 24.3 Å². The molecule has 2 amide bonds. The van der Waals surface area contributed by atoms with Crippen molar-refractivity contribution < 1.29 is 9.59 Å². The number of fused-ring (bicyclic) bond motifs is 1. The second-order valence-electron chi connectivity index (χ2n) is 6.59. The quantitative estimate of drug-likeness (QED) is 0.788. The van der Waals surface area contributed by atoms with E-state index in [9.17, 15) is 9.59 Å². The van der Waals surface area contributed by atoms with E-state index in [1.54, 1.807) is 6.92 Å². The van der Waals surface area contributed by atoms with Gasteiger partial charge in [0.2, 0.25) is 17.8 Å². The molecule has 1 fully saturated rings. The minimum Gasteiger partial charge on any atom is -0.345 e. The number of nitrogens with one attached hydrogen (secondary N) is 3. The highest BCUT2D eigenvalue weighted by atomic mass is 16.2. The molecule has 0 unspecified atom stereocenters. The van der Waals surface area contributed by atoms with Crippen molar-refractivity contribution >= 4 is 28.8 Å². The fourth-order valence-electron chi connectivity index (χ4n) is 3.26. The highest BCUT2D eigenvalue weighted by molar-refractivity contribution is 5.96. The molecular formula is C18H24N4O2. The van der Waals surface area contributed by atoms with Crippen molar-refractivity contribution in [2.75, 3.05) is 5.32 Å². The fraction of sp³-hybridized carbons (Fsp3) is 0.500. The zero-order chi connectivity index (χ0) is 16.9. The van der Waals surface area contributed by atoms with Gasteiger partial charge >= 0.3 is 0 Å². The summed E-state index contributed by atoms with van der Waals surface area (Å²) in [5, 5.41) is 5.51. The zero-order valence-electron chi connectivity index (χ0n) is 14.0. The molecule has 0 spiro atoms. The average molecular weight is 328 g/mol. The van der Waals surface area contributed by atoms with Crippen molar-refractivity contribution in [1.82, 2.24) is 15.3 Å². The Morgan fingerprint density at radius 2 is 2.00 bits per heavy atom. The predicted octanol–water partition coefficient (Wildman–Crippen LogP) is 2.98. The van der Waals surface area contributed by atoms with Crippen molar-refractivity contribution in [2.45, 2.75) is 51.5 Å². The molecule has 1 aromatic carbocycles. The van der Waals surface area contributed by atoms with E-state index in [0.29, 0.717) is 18.3 Å². The number of anilines is 1. The zero-order valence-corrected chi connectivity index (χ0v) is 14.0. The standard InChI is InChI=1S/C18H24N4O2/c1-12(19-16(23)11-13-7-3-2-4-8-13)17(24)22-18-20-14-9-5-6-10-15(14)21-18/h5-6,9-10,12-13H,2-4,7-8,11H2,1H3,(H,19,23)(H2,20,21,22,24)/t12-/m1/s1. The van der Waals surface area contributed by atoms with Crippen molar-refractivity contribution in [3.8, 4) is 0 Å². The first-order valence-electron chi connectivity index (χ1n) is 8.67. The Kier molecular flexibility index (Phi) is 5.13. The number of nitrogens with zero attached hydrogens (tertiary/aromatic N) is 1. The first-order valence-corrected chi connectivity index (χ1v) is 8.67. The molecule has 24 heavy (non-hydrogen) atoms. The SMILES string of the molecule is C[C@@H](NC(=O)CC1CCCCC1)C(=O)Nc1nc2ccccc2[nH]1. The molecule has 0 aliphatic heterocycles. The van der Waals surface area contributed by atoms with E-state index < -0.39 is 6.04 Å². The van der Waals surface area contributed by atoms with Crippen LogP contribution in [0.25, 0.3) is 11.0 Å². The number of imidazole rings is 1. The number of H-pyrrole nitrogens is 1. The van der Waals surface area contributed by atoms with Gasteiger partial charge in [0.1, 0.15) is 6.04 Å². The van der Waals surface area contributed by atoms with Gasteiger partial charge in [0.25, 0.3) is 0 Å². The number of benzene rings is 1. The number of carbonyl (C=O) groups is 2. The van der Waals surface area contributed by atoms with Crippen LogP contribution in [0.1, 0.15) is 45.4 Å². The largest absolute Gasteiger partial charge is 0.345 e. The first-order chi connectivity index (χ1) is 11.6. The van der Waals surface area contributed by atoms with Gasteiger partial charge < -0.3 is 10.3 Å². The smallest absolute Gasteiger partial charge is 0.248 e.